The average molecular weight is 237 g/mol. The highest BCUT2D eigenvalue weighted by Gasteiger charge is 2.10. The third kappa shape index (κ3) is 4.12. The molecular weight excluding hydrogens is 213 g/mol. The van der Waals surface area contributed by atoms with Gasteiger partial charge in [0.15, 0.2) is 0 Å². The molecular formula is C15H24FN. The Morgan fingerprint density at radius 2 is 1.71 bits per heavy atom. The Balaban J connectivity index is 2.60. The van der Waals surface area contributed by atoms with Crippen LogP contribution in [0.15, 0.2) is 12.1 Å². The molecule has 0 amide bonds. The molecule has 1 atom stereocenters. The minimum atomic E-state index is -0.105. The summed E-state index contributed by atoms with van der Waals surface area (Å²) in [4.78, 5) is 0. The maximum atomic E-state index is 13.5. The maximum Gasteiger partial charge on any atom is 0.129 e. The molecule has 0 radical (unpaired) electrons. The number of aryl methyl sites for hydroxylation is 2. The van der Waals surface area contributed by atoms with Gasteiger partial charge in [-0.3, -0.25) is 0 Å². The molecule has 1 nitrogen and oxygen atoms in total. The molecule has 1 aromatic carbocycles. The van der Waals surface area contributed by atoms with Gasteiger partial charge in [-0.05, 0) is 37.0 Å². The standard InChI is InChI=1S/C15H24FN/c1-4-5-6-7-8-14(17)13-9-11(2)15(16)12(3)10-13/h9-10,14H,4-8,17H2,1-3H3. The van der Waals surface area contributed by atoms with Gasteiger partial charge in [0, 0.05) is 6.04 Å². The van der Waals surface area contributed by atoms with Crippen LogP contribution in [0, 0.1) is 19.7 Å². The third-order valence-electron chi connectivity index (χ3n) is 3.26. The highest BCUT2D eigenvalue weighted by molar-refractivity contribution is 5.32. The van der Waals surface area contributed by atoms with Gasteiger partial charge in [0.05, 0.1) is 0 Å². The van der Waals surface area contributed by atoms with Crippen molar-refractivity contribution in [1.29, 1.82) is 0 Å². The van der Waals surface area contributed by atoms with Crippen molar-refractivity contribution in [2.75, 3.05) is 0 Å². The Bertz CT molecular complexity index is 337. The monoisotopic (exact) mass is 237 g/mol. The predicted molar refractivity (Wildman–Crippen MR) is 71.6 cm³/mol. The van der Waals surface area contributed by atoms with E-state index in [1.165, 1.54) is 19.3 Å². The van der Waals surface area contributed by atoms with Crippen molar-refractivity contribution in [1.82, 2.24) is 0 Å². The molecule has 1 rings (SSSR count). The molecule has 0 aliphatic heterocycles. The van der Waals surface area contributed by atoms with Gasteiger partial charge in [-0.25, -0.2) is 4.39 Å². The van der Waals surface area contributed by atoms with Gasteiger partial charge in [0.1, 0.15) is 5.82 Å². The normalized spacial score (nSPS) is 12.8. The summed E-state index contributed by atoms with van der Waals surface area (Å²) >= 11 is 0. The second kappa shape index (κ2) is 6.75. The van der Waals surface area contributed by atoms with Gasteiger partial charge in [-0.2, -0.15) is 0 Å². The summed E-state index contributed by atoms with van der Waals surface area (Å²) in [7, 11) is 0. The highest BCUT2D eigenvalue weighted by Crippen LogP contribution is 2.22. The lowest BCUT2D eigenvalue weighted by Crippen LogP contribution is -2.11. The van der Waals surface area contributed by atoms with Crippen molar-refractivity contribution in [3.8, 4) is 0 Å². The average Bonchev–Trinajstić information content (AvgIpc) is 2.30. The fraction of sp³-hybridized carbons (Fsp3) is 0.600. The van der Waals surface area contributed by atoms with Crippen LogP contribution in [-0.2, 0) is 0 Å². The summed E-state index contributed by atoms with van der Waals surface area (Å²) in [5.41, 5.74) is 8.61. The highest BCUT2D eigenvalue weighted by atomic mass is 19.1. The van der Waals surface area contributed by atoms with Crippen molar-refractivity contribution >= 4 is 0 Å². The Kier molecular flexibility index (Phi) is 5.63. The predicted octanol–water partition coefficient (Wildman–Crippen LogP) is 4.41. The molecule has 0 heterocycles. The van der Waals surface area contributed by atoms with E-state index in [2.05, 4.69) is 6.92 Å². The molecule has 1 unspecified atom stereocenters. The van der Waals surface area contributed by atoms with Crippen LogP contribution in [0.2, 0.25) is 0 Å². The summed E-state index contributed by atoms with van der Waals surface area (Å²) in [5.74, 6) is -0.105. The van der Waals surface area contributed by atoms with Crippen molar-refractivity contribution < 1.29 is 4.39 Å². The summed E-state index contributed by atoms with van der Waals surface area (Å²) in [5, 5.41) is 0. The summed E-state index contributed by atoms with van der Waals surface area (Å²) in [6.45, 7) is 5.80. The maximum absolute atomic E-state index is 13.5. The van der Waals surface area contributed by atoms with Crippen LogP contribution in [0.5, 0.6) is 0 Å². The van der Waals surface area contributed by atoms with Gasteiger partial charge in [-0.1, -0.05) is 44.7 Å². The minimum absolute atomic E-state index is 0.0462. The van der Waals surface area contributed by atoms with E-state index < -0.39 is 0 Å². The van der Waals surface area contributed by atoms with Crippen molar-refractivity contribution in [2.24, 2.45) is 5.73 Å². The topological polar surface area (TPSA) is 26.0 Å². The van der Waals surface area contributed by atoms with Crippen molar-refractivity contribution in [2.45, 2.75) is 58.9 Å². The lowest BCUT2D eigenvalue weighted by Gasteiger charge is -2.14. The van der Waals surface area contributed by atoms with Gasteiger partial charge < -0.3 is 5.73 Å². The van der Waals surface area contributed by atoms with Crippen LogP contribution >= 0.6 is 0 Å². The molecule has 2 N–H and O–H groups in total. The number of hydrogen-bond donors (Lipinski definition) is 1. The molecule has 0 fully saturated rings. The number of rotatable bonds is 6. The summed E-state index contributed by atoms with van der Waals surface area (Å²) in [6.07, 6.45) is 5.90. The van der Waals surface area contributed by atoms with E-state index in [9.17, 15) is 4.39 Å². The molecule has 96 valence electrons. The smallest absolute Gasteiger partial charge is 0.129 e. The molecule has 17 heavy (non-hydrogen) atoms. The summed E-state index contributed by atoms with van der Waals surface area (Å²) < 4.78 is 13.5. The van der Waals surface area contributed by atoms with E-state index in [-0.39, 0.29) is 11.9 Å². The Morgan fingerprint density at radius 3 is 2.24 bits per heavy atom. The fourth-order valence-electron chi connectivity index (χ4n) is 2.15. The molecule has 0 saturated heterocycles. The first-order valence-electron chi connectivity index (χ1n) is 6.58. The van der Waals surface area contributed by atoms with Crippen LogP contribution in [0.1, 0.15) is 61.8 Å². The SMILES string of the molecule is CCCCCCC(N)c1cc(C)c(F)c(C)c1. The van der Waals surface area contributed by atoms with Crippen LogP contribution < -0.4 is 5.73 Å². The largest absolute Gasteiger partial charge is 0.324 e. The van der Waals surface area contributed by atoms with Crippen LogP contribution in [-0.4, -0.2) is 0 Å². The number of nitrogens with two attached hydrogens (primary N) is 1. The van der Waals surface area contributed by atoms with E-state index in [1.54, 1.807) is 13.8 Å². The minimum Gasteiger partial charge on any atom is -0.324 e. The fourth-order valence-corrected chi connectivity index (χ4v) is 2.15. The Morgan fingerprint density at radius 1 is 1.12 bits per heavy atom. The van der Waals surface area contributed by atoms with E-state index in [1.807, 2.05) is 12.1 Å². The van der Waals surface area contributed by atoms with Crippen LogP contribution in [0.4, 0.5) is 4.39 Å². The first kappa shape index (κ1) is 14.2. The number of benzene rings is 1. The van der Waals surface area contributed by atoms with E-state index >= 15 is 0 Å². The van der Waals surface area contributed by atoms with Gasteiger partial charge >= 0.3 is 0 Å². The molecule has 0 aliphatic carbocycles. The lowest BCUT2D eigenvalue weighted by atomic mass is 9.97. The Hall–Kier alpha value is -0.890. The quantitative estimate of drug-likeness (QED) is 0.728. The molecule has 1 aromatic rings. The van der Waals surface area contributed by atoms with Gasteiger partial charge in [0.25, 0.3) is 0 Å². The first-order valence-corrected chi connectivity index (χ1v) is 6.58. The zero-order valence-corrected chi connectivity index (χ0v) is 11.2. The number of hydrogen-bond acceptors (Lipinski definition) is 1. The molecule has 0 aliphatic rings. The van der Waals surface area contributed by atoms with E-state index in [0.717, 1.165) is 18.4 Å². The summed E-state index contributed by atoms with van der Waals surface area (Å²) in [6, 6.07) is 3.81. The third-order valence-corrected chi connectivity index (χ3v) is 3.26. The number of halogens is 1. The molecule has 0 spiro atoms. The second-order valence-corrected chi connectivity index (χ2v) is 4.92. The molecule has 2 heteroatoms. The Labute approximate surface area is 104 Å². The molecule has 0 bridgehead atoms. The van der Waals surface area contributed by atoms with Gasteiger partial charge in [-0.15, -0.1) is 0 Å². The molecule has 0 saturated carbocycles. The molecule has 0 aromatic heterocycles. The number of unbranched alkanes of at least 4 members (excludes halogenated alkanes) is 3. The first-order chi connectivity index (χ1) is 8.06. The van der Waals surface area contributed by atoms with Crippen LogP contribution in [0.3, 0.4) is 0 Å². The van der Waals surface area contributed by atoms with E-state index in [0.29, 0.717) is 11.1 Å². The van der Waals surface area contributed by atoms with E-state index in [4.69, 9.17) is 5.73 Å². The van der Waals surface area contributed by atoms with Gasteiger partial charge in [0.2, 0.25) is 0 Å². The second-order valence-electron chi connectivity index (χ2n) is 4.92. The zero-order chi connectivity index (χ0) is 12.8. The lowest BCUT2D eigenvalue weighted by molar-refractivity contribution is 0.562. The van der Waals surface area contributed by atoms with Crippen molar-refractivity contribution in [3.63, 3.8) is 0 Å². The van der Waals surface area contributed by atoms with Crippen molar-refractivity contribution in [3.05, 3.63) is 34.6 Å². The van der Waals surface area contributed by atoms with Crippen LogP contribution in [0.25, 0.3) is 0 Å². The zero-order valence-electron chi connectivity index (χ0n) is 11.2.